The van der Waals surface area contributed by atoms with E-state index in [0.29, 0.717) is 0 Å². The fourth-order valence-corrected chi connectivity index (χ4v) is 2.60. The highest BCUT2D eigenvalue weighted by Crippen LogP contribution is 2.31. The second kappa shape index (κ2) is 18.3. The summed E-state index contributed by atoms with van der Waals surface area (Å²) in [5.41, 5.74) is 2.83. The van der Waals surface area contributed by atoms with Gasteiger partial charge in [0.2, 0.25) is 0 Å². The fourth-order valence-electron chi connectivity index (χ4n) is 2.60. The molecular formula is C22H42. The van der Waals surface area contributed by atoms with Crippen molar-refractivity contribution in [3.8, 4) is 0 Å². The molecule has 1 rings (SSSR count). The SMILES string of the molecule is C=C(/C=C(\C)C1CCCC1)CC.C=CC.CCCCCCC. The second-order valence-electron chi connectivity index (χ2n) is 6.35. The molecule has 0 N–H and O–H groups in total. The largest absolute Gasteiger partial charge is 0.103 e. The van der Waals surface area contributed by atoms with Crippen LogP contribution in [-0.2, 0) is 0 Å². The Balaban J connectivity index is 0. The van der Waals surface area contributed by atoms with E-state index in [1.807, 2.05) is 6.92 Å². The summed E-state index contributed by atoms with van der Waals surface area (Å²) in [6, 6.07) is 0. The van der Waals surface area contributed by atoms with Gasteiger partial charge in [-0.25, -0.2) is 0 Å². The van der Waals surface area contributed by atoms with Crippen LogP contribution in [0.3, 0.4) is 0 Å². The van der Waals surface area contributed by atoms with E-state index in [-0.39, 0.29) is 0 Å². The third kappa shape index (κ3) is 15.6. The van der Waals surface area contributed by atoms with Gasteiger partial charge in [0.1, 0.15) is 0 Å². The van der Waals surface area contributed by atoms with E-state index in [4.69, 9.17) is 0 Å². The lowest BCUT2D eigenvalue weighted by atomic mass is 9.97. The molecule has 0 aromatic rings. The topological polar surface area (TPSA) is 0 Å². The number of rotatable bonds is 7. The molecule has 1 fully saturated rings. The maximum absolute atomic E-state index is 4.01. The summed E-state index contributed by atoms with van der Waals surface area (Å²) < 4.78 is 0. The summed E-state index contributed by atoms with van der Waals surface area (Å²) in [4.78, 5) is 0. The zero-order valence-corrected chi connectivity index (χ0v) is 16.2. The van der Waals surface area contributed by atoms with Crippen LogP contribution in [-0.4, -0.2) is 0 Å². The maximum Gasteiger partial charge on any atom is -0.0203 e. The maximum atomic E-state index is 4.01. The van der Waals surface area contributed by atoms with E-state index in [0.717, 1.165) is 12.3 Å². The van der Waals surface area contributed by atoms with Crippen LogP contribution in [0.2, 0.25) is 0 Å². The van der Waals surface area contributed by atoms with Crippen LogP contribution in [0, 0.1) is 5.92 Å². The highest BCUT2D eigenvalue weighted by molar-refractivity contribution is 5.21. The van der Waals surface area contributed by atoms with Crippen molar-refractivity contribution >= 4 is 0 Å². The molecule has 22 heavy (non-hydrogen) atoms. The molecule has 0 heterocycles. The van der Waals surface area contributed by atoms with Crippen molar-refractivity contribution in [1.29, 1.82) is 0 Å². The Hall–Kier alpha value is -0.780. The Labute approximate surface area is 141 Å². The predicted octanol–water partition coefficient (Wildman–Crippen LogP) is 8.26. The van der Waals surface area contributed by atoms with Crippen LogP contribution in [0.1, 0.15) is 98.8 Å². The monoisotopic (exact) mass is 306 g/mol. The minimum atomic E-state index is 0.869. The van der Waals surface area contributed by atoms with Crippen LogP contribution in [0.4, 0.5) is 0 Å². The molecular weight excluding hydrogens is 264 g/mol. The Kier molecular flexibility index (Phi) is 19.5. The molecule has 0 bridgehead atoms. The van der Waals surface area contributed by atoms with Gasteiger partial charge in [0, 0.05) is 0 Å². The van der Waals surface area contributed by atoms with Crippen molar-refractivity contribution in [3.63, 3.8) is 0 Å². The highest BCUT2D eigenvalue weighted by Gasteiger charge is 2.15. The molecule has 0 aromatic carbocycles. The van der Waals surface area contributed by atoms with Gasteiger partial charge in [-0.15, -0.1) is 6.58 Å². The third-order valence-corrected chi connectivity index (χ3v) is 4.09. The minimum absolute atomic E-state index is 0.869. The lowest BCUT2D eigenvalue weighted by Crippen LogP contribution is -1.94. The quantitative estimate of drug-likeness (QED) is 0.252. The molecule has 130 valence electrons. The van der Waals surface area contributed by atoms with E-state index in [1.165, 1.54) is 63.4 Å². The summed E-state index contributed by atoms with van der Waals surface area (Å²) in [5, 5.41) is 0. The summed E-state index contributed by atoms with van der Waals surface area (Å²) in [5.74, 6) is 0.869. The van der Waals surface area contributed by atoms with Gasteiger partial charge in [-0.2, -0.15) is 0 Å². The Bertz CT molecular complexity index is 272. The summed E-state index contributed by atoms with van der Waals surface area (Å²) >= 11 is 0. The smallest absolute Gasteiger partial charge is 0.0203 e. The van der Waals surface area contributed by atoms with Gasteiger partial charge in [0.15, 0.2) is 0 Å². The molecule has 0 nitrogen and oxygen atoms in total. The standard InChI is InChI=1S/C12H20.C7H16.C3H6/c1-4-10(2)9-11(3)12-7-5-6-8-12;1-3-5-7-6-4-2;1-3-2/h9,12H,2,4-8H2,1,3H3;3-7H2,1-2H3;3H,1H2,2H3/b11-9+;;. The first kappa shape index (κ1) is 23.5. The zero-order chi connectivity index (χ0) is 17.2. The van der Waals surface area contributed by atoms with Crippen molar-refractivity contribution in [3.05, 3.63) is 36.5 Å². The molecule has 0 aliphatic heterocycles. The van der Waals surface area contributed by atoms with Gasteiger partial charge in [0.25, 0.3) is 0 Å². The first-order valence-electron chi connectivity index (χ1n) is 9.50. The lowest BCUT2D eigenvalue weighted by Gasteiger charge is -2.09. The molecule has 0 unspecified atom stereocenters. The van der Waals surface area contributed by atoms with Crippen molar-refractivity contribution in [2.24, 2.45) is 5.92 Å². The predicted molar refractivity (Wildman–Crippen MR) is 105 cm³/mol. The molecule has 1 aliphatic carbocycles. The average Bonchev–Trinajstić information content (AvgIpc) is 3.03. The molecule has 0 heteroatoms. The van der Waals surface area contributed by atoms with Gasteiger partial charge in [-0.3, -0.25) is 0 Å². The molecule has 0 radical (unpaired) electrons. The van der Waals surface area contributed by atoms with Gasteiger partial charge in [0.05, 0.1) is 0 Å². The summed E-state index contributed by atoms with van der Waals surface area (Å²) in [7, 11) is 0. The van der Waals surface area contributed by atoms with E-state index in [1.54, 1.807) is 11.6 Å². The molecule has 1 saturated carbocycles. The van der Waals surface area contributed by atoms with Crippen LogP contribution in [0.25, 0.3) is 0 Å². The van der Waals surface area contributed by atoms with Crippen molar-refractivity contribution in [1.82, 2.24) is 0 Å². The van der Waals surface area contributed by atoms with Gasteiger partial charge >= 0.3 is 0 Å². The van der Waals surface area contributed by atoms with Crippen molar-refractivity contribution in [2.45, 2.75) is 98.8 Å². The third-order valence-electron chi connectivity index (χ3n) is 4.09. The first-order valence-corrected chi connectivity index (χ1v) is 9.50. The van der Waals surface area contributed by atoms with Crippen LogP contribution in [0.5, 0.6) is 0 Å². The average molecular weight is 307 g/mol. The van der Waals surface area contributed by atoms with Gasteiger partial charge < -0.3 is 0 Å². The molecule has 0 atom stereocenters. The van der Waals surface area contributed by atoms with Crippen LogP contribution < -0.4 is 0 Å². The number of hydrogen-bond donors (Lipinski definition) is 0. The molecule has 1 aliphatic rings. The lowest BCUT2D eigenvalue weighted by molar-refractivity contribution is 0.641. The van der Waals surface area contributed by atoms with E-state index in [9.17, 15) is 0 Å². The second-order valence-corrected chi connectivity index (χ2v) is 6.35. The summed E-state index contributed by atoms with van der Waals surface area (Å²) in [6.45, 7) is 18.2. The number of unbranched alkanes of at least 4 members (excludes halogenated alkanes) is 4. The number of hydrogen-bond acceptors (Lipinski definition) is 0. The first-order chi connectivity index (χ1) is 10.6. The van der Waals surface area contributed by atoms with Crippen molar-refractivity contribution < 1.29 is 0 Å². The molecule has 0 aromatic heterocycles. The van der Waals surface area contributed by atoms with E-state index >= 15 is 0 Å². The summed E-state index contributed by atoms with van der Waals surface area (Å²) in [6.07, 6.45) is 17.8. The van der Waals surface area contributed by atoms with Gasteiger partial charge in [-0.05, 0) is 39.0 Å². The molecule has 0 spiro atoms. The Morgan fingerprint density at radius 1 is 1.00 bits per heavy atom. The van der Waals surface area contributed by atoms with Gasteiger partial charge in [-0.1, -0.05) is 95.6 Å². The van der Waals surface area contributed by atoms with Crippen LogP contribution in [0.15, 0.2) is 36.5 Å². The Morgan fingerprint density at radius 2 is 1.45 bits per heavy atom. The highest BCUT2D eigenvalue weighted by atomic mass is 14.2. The number of allylic oxidation sites excluding steroid dienone is 4. The Morgan fingerprint density at radius 3 is 1.82 bits per heavy atom. The molecule has 0 amide bonds. The van der Waals surface area contributed by atoms with E-state index < -0.39 is 0 Å². The molecule has 0 saturated heterocycles. The fraction of sp³-hybridized carbons (Fsp3) is 0.727. The van der Waals surface area contributed by atoms with Crippen LogP contribution >= 0.6 is 0 Å². The van der Waals surface area contributed by atoms with Crippen molar-refractivity contribution in [2.75, 3.05) is 0 Å². The normalized spacial score (nSPS) is 14.5. The van der Waals surface area contributed by atoms with E-state index in [2.05, 4.69) is 46.9 Å². The zero-order valence-electron chi connectivity index (χ0n) is 16.2. The minimum Gasteiger partial charge on any atom is -0.103 e.